The van der Waals surface area contributed by atoms with Crippen molar-refractivity contribution >= 4 is 16.9 Å². The van der Waals surface area contributed by atoms with Crippen LogP contribution in [0.2, 0.25) is 0 Å². The first-order chi connectivity index (χ1) is 6.27. The van der Waals surface area contributed by atoms with Gasteiger partial charge < -0.3 is 10.6 Å². The van der Waals surface area contributed by atoms with E-state index in [9.17, 15) is 4.79 Å². The fourth-order valence-electron chi connectivity index (χ4n) is 1.19. The van der Waals surface area contributed by atoms with Crippen LogP contribution in [0.15, 0.2) is 36.5 Å². The maximum absolute atomic E-state index is 10.6. The summed E-state index contributed by atoms with van der Waals surface area (Å²) in [5.41, 5.74) is 1.03. The summed E-state index contributed by atoms with van der Waals surface area (Å²) in [4.78, 5) is 14.6. The molecule has 4 heteroatoms. The van der Waals surface area contributed by atoms with Gasteiger partial charge in [-0.15, -0.1) is 0 Å². The highest BCUT2D eigenvalue weighted by Crippen LogP contribution is 2.12. The summed E-state index contributed by atoms with van der Waals surface area (Å²) in [6.07, 6.45) is 1.37. The Morgan fingerprint density at radius 3 is 2.71 bits per heavy atom. The molecule has 0 radical (unpaired) electrons. The van der Waals surface area contributed by atoms with E-state index in [2.05, 4.69) is 4.98 Å². The maximum Gasteiger partial charge on any atom is 0.337 e. The van der Waals surface area contributed by atoms with Crippen molar-refractivity contribution in [1.29, 1.82) is 0 Å². The minimum absolute atomic E-state index is 0. The normalized spacial score (nSPS) is 9.43. The van der Waals surface area contributed by atoms with Gasteiger partial charge in [-0.2, -0.15) is 0 Å². The number of para-hydroxylation sites is 1. The van der Waals surface area contributed by atoms with E-state index in [0.29, 0.717) is 0 Å². The van der Waals surface area contributed by atoms with Crippen LogP contribution in [0, 0.1) is 0 Å². The zero-order chi connectivity index (χ0) is 9.26. The van der Waals surface area contributed by atoms with Crippen LogP contribution in [0.1, 0.15) is 10.4 Å². The quantitative estimate of drug-likeness (QED) is 0.732. The van der Waals surface area contributed by atoms with Gasteiger partial charge in [0.05, 0.1) is 11.1 Å². The van der Waals surface area contributed by atoms with Crippen molar-refractivity contribution < 1.29 is 15.4 Å². The molecule has 2 aromatic rings. The number of aromatic carboxylic acids is 1. The number of aromatic nitrogens is 1. The van der Waals surface area contributed by atoms with Crippen molar-refractivity contribution in [2.45, 2.75) is 0 Å². The Labute approximate surface area is 80.1 Å². The zero-order valence-electron chi connectivity index (χ0n) is 7.27. The lowest BCUT2D eigenvalue weighted by atomic mass is 10.2. The highest BCUT2D eigenvalue weighted by atomic mass is 16.4. The van der Waals surface area contributed by atoms with Crippen molar-refractivity contribution in [3.63, 3.8) is 0 Å². The first kappa shape index (κ1) is 10.1. The number of hydrogen-bond acceptors (Lipinski definition) is 2. The Kier molecular flexibility index (Phi) is 2.79. The average molecular weight is 191 g/mol. The molecule has 0 aliphatic heterocycles. The lowest BCUT2D eigenvalue weighted by Gasteiger charge is -1.97. The van der Waals surface area contributed by atoms with E-state index in [1.807, 2.05) is 24.3 Å². The third-order valence-electron chi connectivity index (χ3n) is 1.84. The number of carboxylic acids is 1. The van der Waals surface area contributed by atoms with Crippen LogP contribution in [0.25, 0.3) is 10.9 Å². The van der Waals surface area contributed by atoms with E-state index in [0.717, 1.165) is 10.9 Å². The van der Waals surface area contributed by atoms with E-state index in [4.69, 9.17) is 5.11 Å². The van der Waals surface area contributed by atoms with Crippen LogP contribution in [-0.4, -0.2) is 21.5 Å². The van der Waals surface area contributed by atoms with Crippen molar-refractivity contribution in [2.75, 3.05) is 0 Å². The molecule has 0 amide bonds. The Bertz CT molecular complexity index is 468. The highest BCUT2D eigenvalue weighted by molar-refractivity contribution is 5.92. The number of fused-ring (bicyclic) bond motifs is 1. The van der Waals surface area contributed by atoms with Gasteiger partial charge in [0.25, 0.3) is 0 Å². The molecule has 0 aliphatic rings. The van der Waals surface area contributed by atoms with E-state index < -0.39 is 5.97 Å². The van der Waals surface area contributed by atoms with Gasteiger partial charge in [0, 0.05) is 11.6 Å². The SMILES string of the molecule is O.O=C(O)c1cnc2ccccc2c1. The van der Waals surface area contributed by atoms with Gasteiger partial charge >= 0.3 is 5.97 Å². The van der Waals surface area contributed by atoms with Crippen molar-refractivity contribution in [1.82, 2.24) is 4.98 Å². The molecule has 0 saturated heterocycles. The van der Waals surface area contributed by atoms with Crippen molar-refractivity contribution in [3.05, 3.63) is 42.1 Å². The van der Waals surface area contributed by atoms with Gasteiger partial charge in [-0.05, 0) is 12.1 Å². The topological polar surface area (TPSA) is 81.7 Å². The summed E-state index contributed by atoms with van der Waals surface area (Å²) in [5.74, 6) is -0.946. The second kappa shape index (κ2) is 3.85. The second-order valence-electron chi connectivity index (χ2n) is 2.72. The molecule has 0 saturated carbocycles. The molecule has 14 heavy (non-hydrogen) atoms. The molecule has 0 unspecified atom stereocenters. The van der Waals surface area contributed by atoms with Crippen LogP contribution in [0.5, 0.6) is 0 Å². The lowest BCUT2D eigenvalue weighted by molar-refractivity contribution is 0.0696. The van der Waals surface area contributed by atoms with Gasteiger partial charge in [0.1, 0.15) is 0 Å². The summed E-state index contributed by atoms with van der Waals surface area (Å²) in [5, 5.41) is 9.55. The highest BCUT2D eigenvalue weighted by Gasteiger charge is 2.03. The number of benzene rings is 1. The predicted octanol–water partition coefficient (Wildman–Crippen LogP) is 1.11. The number of rotatable bonds is 1. The first-order valence-electron chi connectivity index (χ1n) is 3.85. The molecular formula is C10H9NO3. The van der Waals surface area contributed by atoms with Crippen molar-refractivity contribution in [2.24, 2.45) is 0 Å². The monoisotopic (exact) mass is 191 g/mol. The van der Waals surface area contributed by atoms with Crippen molar-refractivity contribution in [3.8, 4) is 0 Å². The lowest BCUT2D eigenvalue weighted by Crippen LogP contribution is -1.96. The largest absolute Gasteiger partial charge is 0.478 e. The number of nitrogens with zero attached hydrogens (tertiary/aromatic N) is 1. The van der Waals surface area contributed by atoms with Crippen LogP contribution < -0.4 is 0 Å². The molecule has 0 aliphatic carbocycles. The summed E-state index contributed by atoms with van der Waals surface area (Å²) in [7, 11) is 0. The van der Waals surface area contributed by atoms with Crippen LogP contribution >= 0.6 is 0 Å². The van der Waals surface area contributed by atoms with Crippen LogP contribution in [0.3, 0.4) is 0 Å². The molecule has 72 valence electrons. The zero-order valence-corrected chi connectivity index (χ0v) is 7.27. The molecule has 0 spiro atoms. The summed E-state index contributed by atoms with van der Waals surface area (Å²) < 4.78 is 0. The van der Waals surface area contributed by atoms with Crippen LogP contribution in [-0.2, 0) is 0 Å². The summed E-state index contributed by atoms with van der Waals surface area (Å²) >= 11 is 0. The predicted molar refractivity (Wildman–Crippen MR) is 52.3 cm³/mol. The summed E-state index contributed by atoms with van der Waals surface area (Å²) in [6.45, 7) is 0. The molecule has 1 aromatic heterocycles. The third-order valence-corrected chi connectivity index (χ3v) is 1.84. The van der Waals surface area contributed by atoms with E-state index in [-0.39, 0.29) is 11.0 Å². The van der Waals surface area contributed by atoms with E-state index in [1.54, 1.807) is 6.07 Å². The van der Waals surface area contributed by atoms with Gasteiger partial charge in [-0.1, -0.05) is 18.2 Å². The fraction of sp³-hybridized carbons (Fsp3) is 0. The number of carbonyl (C=O) groups is 1. The molecule has 4 nitrogen and oxygen atoms in total. The number of carboxylic acid groups (broad SMARTS) is 1. The van der Waals surface area contributed by atoms with Gasteiger partial charge in [-0.25, -0.2) is 4.79 Å². The molecule has 1 aromatic carbocycles. The van der Waals surface area contributed by atoms with E-state index in [1.165, 1.54) is 6.20 Å². The molecular weight excluding hydrogens is 182 g/mol. The fourth-order valence-corrected chi connectivity index (χ4v) is 1.19. The van der Waals surface area contributed by atoms with Gasteiger partial charge in [0.2, 0.25) is 0 Å². The molecule has 1 heterocycles. The molecule has 0 bridgehead atoms. The Morgan fingerprint density at radius 2 is 2.00 bits per heavy atom. The Morgan fingerprint density at radius 1 is 1.29 bits per heavy atom. The Balaban J connectivity index is 0.000000980. The standard InChI is InChI=1S/C10H7NO2.H2O/c12-10(13)8-5-7-3-1-2-4-9(7)11-6-8;/h1-6H,(H,12,13);1H2. The minimum Gasteiger partial charge on any atom is -0.478 e. The number of hydrogen-bond donors (Lipinski definition) is 1. The Hall–Kier alpha value is -1.94. The third kappa shape index (κ3) is 1.70. The first-order valence-corrected chi connectivity index (χ1v) is 3.85. The second-order valence-corrected chi connectivity index (χ2v) is 2.72. The van der Waals surface area contributed by atoms with Crippen LogP contribution in [0.4, 0.5) is 0 Å². The number of pyridine rings is 1. The molecule has 3 N–H and O–H groups in total. The smallest absolute Gasteiger partial charge is 0.337 e. The van der Waals surface area contributed by atoms with Gasteiger partial charge in [-0.3, -0.25) is 4.98 Å². The van der Waals surface area contributed by atoms with E-state index >= 15 is 0 Å². The average Bonchev–Trinajstić information content (AvgIpc) is 2.17. The minimum atomic E-state index is -0.946. The maximum atomic E-state index is 10.6. The van der Waals surface area contributed by atoms with Gasteiger partial charge in [0.15, 0.2) is 0 Å². The molecule has 0 fully saturated rings. The molecule has 0 atom stereocenters. The molecule has 2 rings (SSSR count). The summed E-state index contributed by atoms with van der Waals surface area (Å²) in [6, 6.07) is 9.03.